The van der Waals surface area contributed by atoms with Crippen LogP contribution >= 0.6 is 0 Å². The Morgan fingerprint density at radius 1 is 1.24 bits per heavy atom. The Labute approximate surface area is 142 Å². The third-order valence-corrected chi connectivity index (χ3v) is 4.15. The molecule has 0 spiro atoms. The van der Waals surface area contributed by atoms with Gasteiger partial charge in [0.25, 0.3) is 5.91 Å². The Morgan fingerprint density at radius 2 is 2.04 bits per heavy atom. The van der Waals surface area contributed by atoms with Gasteiger partial charge in [-0.25, -0.2) is 4.98 Å². The second kappa shape index (κ2) is 5.90. The van der Waals surface area contributed by atoms with Crippen LogP contribution in [0.5, 0.6) is 0 Å². The number of carbonyl (C=O) groups excluding carboxylic acids is 1. The fourth-order valence-corrected chi connectivity index (χ4v) is 2.95. The molecule has 1 aliphatic heterocycles. The van der Waals surface area contributed by atoms with E-state index in [0.717, 1.165) is 42.5 Å². The highest BCUT2D eigenvalue weighted by atomic mass is 16.6. The first kappa shape index (κ1) is 15.1. The molecule has 1 N–H and O–H groups in total. The van der Waals surface area contributed by atoms with Gasteiger partial charge in [0.1, 0.15) is 10.7 Å². The van der Waals surface area contributed by atoms with Crippen molar-refractivity contribution in [3.8, 4) is 11.3 Å². The van der Waals surface area contributed by atoms with Gasteiger partial charge in [0, 0.05) is 18.7 Å². The number of anilines is 1. The minimum atomic E-state index is -0.685. The van der Waals surface area contributed by atoms with E-state index >= 15 is 0 Å². The van der Waals surface area contributed by atoms with Gasteiger partial charge in [0.05, 0.1) is 18.0 Å². The second-order valence-electron chi connectivity index (χ2n) is 5.74. The number of hydrogen-bond donors (Lipinski definition) is 1. The number of carbonyl (C=O) groups is 1. The second-order valence-corrected chi connectivity index (χ2v) is 5.74. The molecule has 1 aliphatic rings. The molecular weight excluding hydrogens is 324 g/mol. The fraction of sp³-hybridized carbons (Fsp3) is 0.176. The van der Waals surface area contributed by atoms with Crippen LogP contribution in [-0.2, 0) is 13.0 Å². The average Bonchev–Trinajstić information content (AvgIpc) is 3.32. The number of furan rings is 1. The summed E-state index contributed by atoms with van der Waals surface area (Å²) in [6.45, 7) is 0.973. The summed E-state index contributed by atoms with van der Waals surface area (Å²) in [6.07, 6.45) is 3.98. The van der Waals surface area contributed by atoms with Crippen LogP contribution in [0, 0.1) is 10.1 Å². The highest BCUT2D eigenvalue weighted by molar-refractivity contribution is 6.02. The summed E-state index contributed by atoms with van der Waals surface area (Å²) < 4.78 is 7.09. The molecule has 0 bridgehead atoms. The zero-order valence-corrected chi connectivity index (χ0v) is 13.1. The molecule has 0 fully saturated rings. The molecule has 8 heteroatoms. The molecule has 2 aromatic heterocycles. The Kier molecular flexibility index (Phi) is 3.57. The summed E-state index contributed by atoms with van der Waals surface area (Å²) in [5.74, 6) is -0.00244. The van der Waals surface area contributed by atoms with Crippen LogP contribution in [-0.4, -0.2) is 20.4 Å². The summed E-state index contributed by atoms with van der Waals surface area (Å²) in [4.78, 5) is 26.4. The number of imidazole rings is 1. The van der Waals surface area contributed by atoms with Gasteiger partial charge in [-0.2, -0.15) is 0 Å². The molecule has 0 saturated carbocycles. The van der Waals surface area contributed by atoms with E-state index in [4.69, 9.17) is 4.42 Å². The van der Waals surface area contributed by atoms with Crippen molar-refractivity contribution in [2.24, 2.45) is 0 Å². The summed E-state index contributed by atoms with van der Waals surface area (Å²) in [7, 11) is 0. The zero-order valence-electron chi connectivity index (χ0n) is 13.1. The average molecular weight is 338 g/mol. The van der Waals surface area contributed by atoms with E-state index in [-0.39, 0.29) is 5.76 Å². The molecule has 0 unspecified atom stereocenters. The van der Waals surface area contributed by atoms with Crippen molar-refractivity contribution in [2.45, 2.75) is 19.4 Å². The van der Waals surface area contributed by atoms with Crippen molar-refractivity contribution in [1.29, 1.82) is 0 Å². The molecule has 1 amide bonds. The monoisotopic (exact) mass is 338 g/mol. The molecule has 25 heavy (non-hydrogen) atoms. The smallest absolute Gasteiger partial charge is 0.395 e. The molecule has 0 radical (unpaired) electrons. The van der Waals surface area contributed by atoms with E-state index in [2.05, 4.69) is 14.9 Å². The quantitative estimate of drug-likeness (QED) is 0.581. The summed E-state index contributed by atoms with van der Waals surface area (Å²) in [5.41, 5.74) is 2.66. The van der Waals surface area contributed by atoms with E-state index < -0.39 is 16.7 Å². The van der Waals surface area contributed by atoms with Crippen LogP contribution in [0.25, 0.3) is 11.3 Å². The van der Waals surface area contributed by atoms with Gasteiger partial charge >= 0.3 is 5.88 Å². The lowest BCUT2D eigenvalue weighted by molar-refractivity contribution is -0.402. The largest absolute Gasteiger partial charge is 0.433 e. The minimum Gasteiger partial charge on any atom is -0.395 e. The van der Waals surface area contributed by atoms with Crippen LogP contribution in [0.3, 0.4) is 0 Å². The zero-order chi connectivity index (χ0) is 17.4. The maximum Gasteiger partial charge on any atom is 0.433 e. The van der Waals surface area contributed by atoms with Crippen molar-refractivity contribution in [1.82, 2.24) is 9.55 Å². The van der Waals surface area contributed by atoms with E-state index in [0.29, 0.717) is 5.69 Å². The number of fused-ring (bicyclic) bond motifs is 1. The molecule has 0 atom stereocenters. The van der Waals surface area contributed by atoms with Crippen LogP contribution in [0.15, 0.2) is 47.0 Å². The van der Waals surface area contributed by atoms with Gasteiger partial charge in [0.15, 0.2) is 5.76 Å². The maximum absolute atomic E-state index is 12.1. The number of amides is 1. The minimum absolute atomic E-state index is 0.107. The number of nitro groups is 1. The predicted molar refractivity (Wildman–Crippen MR) is 89.3 cm³/mol. The topological polar surface area (TPSA) is 103 Å². The van der Waals surface area contributed by atoms with Crippen molar-refractivity contribution >= 4 is 17.5 Å². The maximum atomic E-state index is 12.1. The van der Waals surface area contributed by atoms with E-state index in [9.17, 15) is 14.9 Å². The number of aromatic nitrogens is 2. The first-order valence-corrected chi connectivity index (χ1v) is 7.82. The molecule has 4 rings (SSSR count). The molecule has 0 saturated heterocycles. The van der Waals surface area contributed by atoms with E-state index in [1.165, 1.54) is 6.07 Å². The Bertz CT molecular complexity index is 955. The third-order valence-electron chi connectivity index (χ3n) is 4.15. The molecule has 0 aliphatic carbocycles. The molecule has 3 aromatic rings. The van der Waals surface area contributed by atoms with Gasteiger partial charge in [-0.3, -0.25) is 14.9 Å². The van der Waals surface area contributed by atoms with Crippen LogP contribution in [0.4, 0.5) is 11.6 Å². The Balaban J connectivity index is 1.50. The number of nitrogens with one attached hydrogen (secondary N) is 1. The highest BCUT2D eigenvalue weighted by Gasteiger charge is 2.18. The van der Waals surface area contributed by atoms with Crippen molar-refractivity contribution in [3.63, 3.8) is 0 Å². The number of benzene rings is 1. The molecule has 1 aromatic carbocycles. The summed E-state index contributed by atoms with van der Waals surface area (Å²) in [5, 5.41) is 13.3. The van der Waals surface area contributed by atoms with Crippen molar-refractivity contribution in [3.05, 3.63) is 64.3 Å². The van der Waals surface area contributed by atoms with Crippen LogP contribution in [0.2, 0.25) is 0 Å². The standard InChI is InChI=1S/C17H14N4O4/c22-17(14-7-8-16(25-14)21(23)24)19-12-5-3-11(4-6-12)13-10-18-15-2-1-9-20(13)15/h3-8,10H,1-2,9H2,(H,19,22). The lowest BCUT2D eigenvalue weighted by atomic mass is 10.1. The Morgan fingerprint density at radius 3 is 2.76 bits per heavy atom. The normalized spacial score (nSPS) is 12.8. The van der Waals surface area contributed by atoms with Crippen molar-refractivity contribution < 1.29 is 14.1 Å². The third kappa shape index (κ3) is 2.78. The Hall–Kier alpha value is -3.42. The fourth-order valence-electron chi connectivity index (χ4n) is 2.95. The molecule has 3 heterocycles. The van der Waals surface area contributed by atoms with Crippen LogP contribution < -0.4 is 5.32 Å². The molecule has 126 valence electrons. The van der Waals surface area contributed by atoms with Gasteiger partial charge in [0.2, 0.25) is 0 Å². The van der Waals surface area contributed by atoms with E-state index in [1.807, 2.05) is 18.3 Å². The van der Waals surface area contributed by atoms with Crippen molar-refractivity contribution in [2.75, 3.05) is 5.32 Å². The number of hydrogen-bond acceptors (Lipinski definition) is 5. The first-order valence-electron chi connectivity index (χ1n) is 7.82. The molecule has 8 nitrogen and oxygen atoms in total. The van der Waals surface area contributed by atoms with Gasteiger partial charge in [-0.1, -0.05) is 12.1 Å². The number of aryl methyl sites for hydroxylation is 1. The van der Waals surface area contributed by atoms with Gasteiger partial charge in [-0.15, -0.1) is 0 Å². The van der Waals surface area contributed by atoms with Gasteiger partial charge in [-0.05, 0) is 30.2 Å². The van der Waals surface area contributed by atoms with E-state index in [1.54, 1.807) is 12.1 Å². The first-order chi connectivity index (χ1) is 12.1. The summed E-state index contributed by atoms with van der Waals surface area (Å²) >= 11 is 0. The number of nitrogens with zero attached hydrogens (tertiary/aromatic N) is 3. The predicted octanol–water partition coefficient (Wildman–Crippen LogP) is 3.25. The van der Waals surface area contributed by atoms with Gasteiger partial charge < -0.3 is 14.3 Å². The SMILES string of the molecule is O=C(Nc1ccc(-c2cnc3n2CCC3)cc1)c1ccc([N+](=O)[O-])o1. The lowest BCUT2D eigenvalue weighted by Gasteiger charge is -2.07. The summed E-state index contributed by atoms with van der Waals surface area (Å²) in [6, 6.07) is 9.79. The number of rotatable bonds is 4. The lowest BCUT2D eigenvalue weighted by Crippen LogP contribution is -2.10. The molecular formula is C17H14N4O4. The van der Waals surface area contributed by atoms with Crippen LogP contribution in [0.1, 0.15) is 22.8 Å². The highest BCUT2D eigenvalue weighted by Crippen LogP contribution is 2.26.